The van der Waals surface area contributed by atoms with Gasteiger partial charge in [-0.2, -0.15) is 0 Å². The zero-order valence-corrected chi connectivity index (χ0v) is 12.5. The molecule has 1 fully saturated rings. The molecular weight excluding hydrogens is 282 g/mol. The van der Waals surface area contributed by atoms with Crippen molar-refractivity contribution in [3.05, 3.63) is 30.9 Å². The lowest BCUT2D eigenvalue weighted by molar-refractivity contribution is -0.152. The van der Waals surface area contributed by atoms with Gasteiger partial charge in [0.1, 0.15) is 5.54 Å². The molecule has 6 heteroatoms. The standard InChI is InChI=1S/C16H21N3O3/c20-14(11-13-3-1-2-4-13)18-8-5-16(6-9-18,15(21)22)19-10-7-17-12-19/h1,3,7,10,12-13H,2,4-6,8-9,11H2,(H,21,22)/t13-/m0/s1. The number of piperidine rings is 1. The van der Waals surface area contributed by atoms with Crippen molar-refractivity contribution in [2.45, 2.75) is 37.6 Å². The van der Waals surface area contributed by atoms with Gasteiger partial charge in [-0.3, -0.25) is 4.79 Å². The number of aromatic nitrogens is 2. The molecule has 1 amide bonds. The molecule has 1 aromatic rings. The van der Waals surface area contributed by atoms with Gasteiger partial charge in [0.2, 0.25) is 5.91 Å². The van der Waals surface area contributed by atoms with Crippen LogP contribution in [-0.2, 0) is 15.1 Å². The first-order valence-electron chi connectivity index (χ1n) is 7.78. The predicted molar refractivity (Wildman–Crippen MR) is 80.1 cm³/mol. The SMILES string of the molecule is O=C(C[C@H]1C=CCC1)N1CCC(C(=O)O)(n2ccnc2)CC1. The lowest BCUT2D eigenvalue weighted by atomic mass is 9.87. The predicted octanol–water partition coefficient (Wildman–Crippen LogP) is 1.64. The van der Waals surface area contributed by atoms with E-state index in [0.29, 0.717) is 38.3 Å². The van der Waals surface area contributed by atoms with Crippen LogP contribution in [0.1, 0.15) is 32.1 Å². The molecule has 1 saturated heterocycles. The van der Waals surface area contributed by atoms with Crippen molar-refractivity contribution in [1.82, 2.24) is 14.5 Å². The number of allylic oxidation sites excluding steroid dienone is 2. The lowest BCUT2D eigenvalue weighted by Crippen LogP contribution is -2.52. The number of carbonyl (C=O) groups is 2. The molecule has 1 aliphatic carbocycles. The number of amides is 1. The van der Waals surface area contributed by atoms with E-state index in [-0.39, 0.29) is 5.91 Å². The zero-order chi connectivity index (χ0) is 15.6. The number of hydrogen-bond donors (Lipinski definition) is 1. The third kappa shape index (κ3) is 2.65. The van der Waals surface area contributed by atoms with Crippen molar-refractivity contribution in [2.75, 3.05) is 13.1 Å². The average molecular weight is 303 g/mol. The van der Waals surface area contributed by atoms with Gasteiger partial charge in [0.15, 0.2) is 0 Å². The van der Waals surface area contributed by atoms with E-state index in [4.69, 9.17) is 0 Å². The Morgan fingerprint density at radius 2 is 2.09 bits per heavy atom. The zero-order valence-electron chi connectivity index (χ0n) is 12.5. The third-order valence-electron chi connectivity index (χ3n) is 4.89. The van der Waals surface area contributed by atoms with Crippen LogP contribution in [0.25, 0.3) is 0 Å². The minimum absolute atomic E-state index is 0.140. The topological polar surface area (TPSA) is 75.4 Å². The fourth-order valence-electron chi connectivity index (χ4n) is 3.44. The summed E-state index contributed by atoms with van der Waals surface area (Å²) in [6, 6.07) is 0. The molecule has 22 heavy (non-hydrogen) atoms. The van der Waals surface area contributed by atoms with E-state index in [1.165, 1.54) is 0 Å². The van der Waals surface area contributed by atoms with Crippen LogP contribution in [0.3, 0.4) is 0 Å². The molecule has 1 atom stereocenters. The summed E-state index contributed by atoms with van der Waals surface area (Å²) in [4.78, 5) is 29.9. The van der Waals surface area contributed by atoms with Crippen LogP contribution < -0.4 is 0 Å². The Morgan fingerprint density at radius 3 is 2.64 bits per heavy atom. The molecule has 0 radical (unpaired) electrons. The fraction of sp³-hybridized carbons (Fsp3) is 0.562. The summed E-state index contributed by atoms with van der Waals surface area (Å²) in [6.45, 7) is 0.972. The molecule has 6 nitrogen and oxygen atoms in total. The molecule has 0 aromatic carbocycles. The van der Waals surface area contributed by atoms with Crippen molar-refractivity contribution in [2.24, 2.45) is 5.92 Å². The van der Waals surface area contributed by atoms with Gasteiger partial charge in [-0.25, -0.2) is 9.78 Å². The van der Waals surface area contributed by atoms with E-state index in [2.05, 4.69) is 17.1 Å². The summed E-state index contributed by atoms with van der Waals surface area (Å²) in [5.41, 5.74) is -0.972. The van der Waals surface area contributed by atoms with Gasteiger partial charge in [0, 0.05) is 31.9 Å². The minimum atomic E-state index is -0.972. The van der Waals surface area contributed by atoms with Crippen LogP contribution in [0, 0.1) is 5.92 Å². The highest BCUT2D eigenvalue weighted by molar-refractivity contribution is 5.79. The summed E-state index contributed by atoms with van der Waals surface area (Å²) < 4.78 is 1.66. The maximum Gasteiger partial charge on any atom is 0.330 e. The lowest BCUT2D eigenvalue weighted by Gasteiger charge is -2.39. The normalized spacial score (nSPS) is 23.6. The number of hydrogen-bond acceptors (Lipinski definition) is 3. The highest BCUT2D eigenvalue weighted by Gasteiger charge is 2.43. The molecule has 0 bridgehead atoms. The van der Waals surface area contributed by atoms with E-state index < -0.39 is 11.5 Å². The Labute approximate surface area is 129 Å². The maximum atomic E-state index is 12.3. The second-order valence-corrected chi connectivity index (χ2v) is 6.16. The summed E-state index contributed by atoms with van der Waals surface area (Å²) in [5, 5.41) is 9.65. The smallest absolute Gasteiger partial charge is 0.330 e. The first-order chi connectivity index (χ1) is 10.6. The number of rotatable bonds is 4. The first kappa shape index (κ1) is 14.8. The Bertz CT molecular complexity index is 571. The van der Waals surface area contributed by atoms with Crippen LogP contribution in [-0.4, -0.2) is 44.5 Å². The van der Waals surface area contributed by atoms with E-state index >= 15 is 0 Å². The largest absolute Gasteiger partial charge is 0.479 e. The van der Waals surface area contributed by atoms with Crippen molar-refractivity contribution in [1.29, 1.82) is 0 Å². The molecule has 118 valence electrons. The van der Waals surface area contributed by atoms with Crippen LogP contribution >= 0.6 is 0 Å². The Balaban J connectivity index is 1.64. The highest BCUT2D eigenvalue weighted by atomic mass is 16.4. The monoisotopic (exact) mass is 303 g/mol. The van der Waals surface area contributed by atoms with Gasteiger partial charge in [-0.1, -0.05) is 12.2 Å². The van der Waals surface area contributed by atoms with Crippen molar-refractivity contribution in [3.63, 3.8) is 0 Å². The second kappa shape index (κ2) is 5.94. The van der Waals surface area contributed by atoms with E-state index in [9.17, 15) is 14.7 Å². The maximum absolute atomic E-state index is 12.3. The number of imidazole rings is 1. The number of nitrogens with zero attached hydrogens (tertiary/aromatic N) is 3. The Kier molecular flexibility index (Phi) is 4.00. The molecule has 3 rings (SSSR count). The number of likely N-dealkylation sites (tertiary alicyclic amines) is 1. The van der Waals surface area contributed by atoms with Gasteiger partial charge in [-0.15, -0.1) is 0 Å². The van der Waals surface area contributed by atoms with Gasteiger partial charge >= 0.3 is 5.97 Å². The Hall–Kier alpha value is -2.11. The molecular formula is C16H21N3O3. The number of aliphatic carboxylic acids is 1. The third-order valence-corrected chi connectivity index (χ3v) is 4.89. The van der Waals surface area contributed by atoms with Crippen LogP contribution in [0.15, 0.2) is 30.9 Å². The summed E-state index contributed by atoms with van der Waals surface area (Å²) >= 11 is 0. The van der Waals surface area contributed by atoms with Crippen LogP contribution in [0.4, 0.5) is 0 Å². The molecule has 1 N–H and O–H groups in total. The van der Waals surface area contributed by atoms with E-state index in [0.717, 1.165) is 12.8 Å². The molecule has 1 aromatic heterocycles. The van der Waals surface area contributed by atoms with Crippen molar-refractivity contribution < 1.29 is 14.7 Å². The van der Waals surface area contributed by atoms with Crippen LogP contribution in [0.5, 0.6) is 0 Å². The molecule has 0 unspecified atom stereocenters. The summed E-state index contributed by atoms with van der Waals surface area (Å²) in [6.07, 6.45) is 12.6. The molecule has 1 aliphatic heterocycles. The molecule has 0 spiro atoms. The number of carbonyl (C=O) groups excluding carboxylic acids is 1. The highest BCUT2D eigenvalue weighted by Crippen LogP contribution is 2.31. The second-order valence-electron chi connectivity index (χ2n) is 6.16. The average Bonchev–Trinajstić information content (AvgIpc) is 3.20. The van der Waals surface area contributed by atoms with Gasteiger partial charge in [-0.05, 0) is 31.6 Å². The first-order valence-corrected chi connectivity index (χ1v) is 7.78. The van der Waals surface area contributed by atoms with Gasteiger partial charge in [0.25, 0.3) is 0 Å². The van der Waals surface area contributed by atoms with E-state index in [1.54, 1.807) is 23.3 Å². The summed E-state index contributed by atoms with van der Waals surface area (Å²) in [5.74, 6) is -0.357. The van der Waals surface area contributed by atoms with Gasteiger partial charge < -0.3 is 14.6 Å². The Morgan fingerprint density at radius 1 is 1.32 bits per heavy atom. The molecule has 2 aliphatic rings. The van der Waals surface area contributed by atoms with Gasteiger partial charge in [0.05, 0.1) is 6.33 Å². The van der Waals surface area contributed by atoms with E-state index in [1.807, 2.05) is 4.90 Å². The fourth-order valence-corrected chi connectivity index (χ4v) is 3.44. The number of carboxylic acids is 1. The van der Waals surface area contributed by atoms with Crippen molar-refractivity contribution >= 4 is 11.9 Å². The molecule has 2 heterocycles. The quantitative estimate of drug-likeness (QED) is 0.858. The van der Waals surface area contributed by atoms with Crippen molar-refractivity contribution in [3.8, 4) is 0 Å². The van der Waals surface area contributed by atoms with Crippen LogP contribution in [0.2, 0.25) is 0 Å². The number of carboxylic acid groups (broad SMARTS) is 1. The minimum Gasteiger partial charge on any atom is -0.479 e. The summed E-state index contributed by atoms with van der Waals surface area (Å²) in [7, 11) is 0. The molecule has 0 saturated carbocycles.